The van der Waals surface area contributed by atoms with Crippen LogP contribution >= 0.6 is 0 Å². The largest absolute Gasteiger partial charge is 0.356 e. The van der Waals surface area contributed by atoms with Gasteiger partial charge in [0.15, 0.2) is 0 Å². The van der Waals surface area contributed by atoms with E-state index in [1.165, 1.54) is 19.3 Å². The molecule has 0 aliphatic carbocycles. The summed E-state index contributed by atoms with van der Waals surface area (Å²) >= 11 is 0. The molecule has 0 aromatic rings. The molecule has 2 unspecified atom stereocenters. The molecule has 0 aromatic carbocycles. The van der Waals surface area contributed by atoms with Gasteiger partial charge in [-0.3, -0.25) is 4.79 Å². The predicted octanol–water partition coefficient (Wildman–Crippen LogP) is 2.89. The van der Waals surface area contributed by atoms with Crippen molar-refractivity contribution in [1.82, 2.24) is 5.32 Å². The first kappa shape index (κ1) is 13.2. The molecule has 2 heteroatoms. The van der Waals surface area contributed by atoms with E-state index in [-0.39, 0.29) is 6.04 Å². The van der Waals surface area contributed by atoms with E-state index in [0.717, 1.165) is 12.8 Å². The fraction of sp³-hybridized carbons (Fsp3) is 0.750. The van der Waals surface area contributed by atoms with Gasteiger partial charge in [-0.2, -0.15) is 0 Å². The highest BCUT2D eigenvalue weighted by Gasteiger charge is 2.05. The lowest BCUT2D eigenvalue weighted by molar-refractivity contribution is -0.110. The first-order valence-electron chi connectivity index (χ1n) is 5.58. The maximum atomic E-state index is 10.2. The van der Waals surface area contributed by atoms with Crippen molar-refractivity contribution in [3.8, 4) is 0 Å². The Morgan fingerprint density at radius 2 is 2.00 bits per heavy atom. The van der Waals surface area contributed by atoms with Crippen molar-refractivity contribution in [3.63, 3.8) is 0 Å². The highest BCUT2D eigenvalue weighted by atomic mass is 16.1. The number of nitrogens with one attached hydrogen (secondary N) is 1. The van der Waals surface area contributed by atoms with Crippen LogP contribution in [0, 0.1) is 5.92 Å². The third-order valence-corrected chi connectivity index (χ3v) is 2.53. The number of unbranched alkanes of at least 4 members (excludes halogenated alkanes) is 3. The van der Waals surface area contributed by atoms with Crippen molar-refractivity contribution in [1.29, 1.82) is 0 Å². The van der Waals surface area contributed by atoms with E-state index < -0.39 is 0 Å². The van der Waals surface area contributed by atoms with Crippen molar-refractivity contribution < 1.29 is 4.79 Å². The van der Waals surface area contributed by atoms with Gasteiger partial charge < -0.3 is 5.32 Å². The molecule has 1 amide bonds. The van der Waals surface area contributed by atoms with E-state index in [9.17, 15) is 4.79 Å². The summed E-state index contributed by atoms with van der Waals surface area (Å²) < 4.78 is 0. The van der Waals surface area contributed by atoms with Crippen LogP contribution in [0.1, 0.15) is 46.5 Å². The van der Waals surface area contributed by atoms with Gasteiger partial charge in [-0.15, -0.1) is 0 Å². The number of amides is 1. The highest BCUT2D eigenvalue weighted by molar-refractivity contribution is 5.46. The average Bonchev–Trinajstić information content (AvgIpc) is 2.17. The molecule has 0 saturated heterocycles. The summed E-state index contributed by atoms with van der Waals surface area (Å²) in [6, 6.07) is 0.231. The lowest BCUT2D eigenvalue weighted by Gasteiger charge is -2.14. The summed E-state index contributed by atoms with van der Waals surface area (Å²) in [4.78, 5) is 10.2. The first-order chi connectivity index (χ1) is 6.72. The summed E-state index contributed by atoms with van der Waals surface area (Å²) in [6.45, 7) is 6.36. The van der Waals surface area contributed by atoms with Crippen molar-refractivity contribution in [2.45, 2.75) is 52.5 Å². The molecular weight excluding hydrogens is 174 g/mol. The van der Waals surface area contributed by atoms with Crippen LogP contribution in [0.15, 0.2) is 12.2 Å². The fourth-order valence-electron chi connectivity index (χ4n) is 1.25. The van der Waals surface area contributed by atoms with E-state index in [2.05, 4.69) is 31.3 Å². The van der Waals surface area contributed by atoms with Crippen LogP contribution in [0.25, 0.3) is 0 Å². The Morgan fingerprint density at radius 1 is 1.29 bits per heavy atom. The monoisotopic (exact) mass is 197 g/mol. The molecule has 2 nitrogen and oxygen atoms in total. The molecule has 1 N–H and O–H groups in total. The molecule has 2 atom stereocenters. The van der Waals surface area contributed by atoms with Gasteiger partial charge in [0, 0.05) is 6.04 Å². The predicted molar refractivity (Wildman–Crippen MR) is 61.1 cm³/mol. The van der Waals surface area contributed by atoms with Gasteiger partial charge in [0.1, 0.15) is 0 Å². The average molecular weight is 197 g/mol. The second-order valence-corrected chi connectivity index (χ2v) is 3.86. The summed E-state index contributed by atoms with van der Waals surface area (Å²) in [7, 11) is 0. The number of carbonyl (C=O) groups is 1. The van der Waals surface area contributed by atoms with Crippen LogP contribution < -0.4 is 5.32 Å². The van der Waals surface area contributed by atoms with Crippen molar-refractivity contribution in [2.75, 3.05) is 0 Å². The third-order valence-electron chi connectivity index (χ3n) is 2.53. The number of allylic oxidation sites excluding steroid dienone is 1. The Labute approximate surface area is 87.8 Å². The molecule has 0 fully saturated rings. The molecule has 0 bridgehead atoms. The van der Waals surface area contributed by atoms with Crippen LogP contribution in [-0.4, -0.2) is 12.5 Å². The minimum absolute atomic E-state index is 0.231. The van der Waals surface area contributed by atoms with Crippen LogP contribution in [0.5, 0.6) is 0 Å². The van der Waals surface area contributed by atoms with Gasteiger partial charge in [0.05, 0.1) is 0 Å². The van der Waals surface area contributed by atoms with Crippen molar-refractivity contribution >= 4 is 6.41 Å². The molecule has 0 spiro atoms. The Bertz CT molecular complexity index is 166. The van der Waals surface area contributed by atoms with Crippen LogP contribution in [0.4, 0.5) is 0 Å². The summed E-state index contributed by atoms with van der Waals surface area (Å²) in [5.41, 5.74) is 0. The molecule has 0 rings (SSSR count). The number of carbonyl (C=O) groups excluding carboxylic acids is 1. The second kappa shape index (κ2) is 8.79. The Balaban J connectivity index is 3.58. The lowest BCUT2D eigenvalue weighted by atomic mass is 10.0. The van der Waals surface area contributed by atoms with Crippen LogP contribution in [-0.2, 0) is 4.79 Å². The van der Waals surface area contributed by atoms with E-state index >= 15 is 0 Å². The zero-order chi connectivity index (χ0) is 10.8. The van der Waals surface area contributed by atoms with Gasteiger partial charge in [-0.25, -0.2) is 0 Å². The number of hydrogen-bond donors (Lipinski definition) is 1. The summed E-state index contributed by atoms with van der Waals surface area (Å²) in [5, 5.41) is 2.77. The fourth-order valence-corrected chi connectivity index (χ4v) is 1.25. The molecule has 14 heavy (non-hydrogen) atoms. The first-order valence-corrected chi connectivity index (χ1v) is 5.58. The Hall–Kier alpha value is -0.790. The summed E-state index contributed by atoms with van der Waals surface area (Å²) in [6.07, 6.45) is 10.2. The maximum absolute atomic E-state index is 10.2. The molecule has 0 radical (unpaired) electrons. The minimum Gasteiger partial charge on any atom is -0.356 e. The molecule has 0 aliphatic rings. The standard InChI is InChI=1S/C12H23NO/c1-4-5-6-7-8-9-11(2)12(3)13-10-14/h8-12H,4-7H2,1-3H3,(H,13,14)/b9-8-. The van der Waals surface area contributed by atoms with Gasteiger partial charge >= 0.3 is 0 Å². The SMILES string of the molecule is CCCCC/C=C\C(C)C(C)NC=O. The van der Waals surface area contributed by atoms with Gasteiger partial charge in [0.25, 0.3) is 0 Å². The lowest BCUT2D eigenvalue weighted by Crippen LogP contribution is -2.29. The van der Waals surface area contributed by atoms with E-state index in [4.69, 9.17) is 0 Å². The normalized spacial score (nSPS) is 15.4. The molecular formula is C12H23NO. The number of rotatable bonds is 8. The van der Waals surface area contributed by atoms with E-state index in [0.29, 0.717) is 5.92 Å². The Morgan fingerprint density at radius 3 is 2.57 bits per heavy atom. The topological polar surface area (TPSA) is 29.1 Å². The molecule has 0 saturated carbocycles. The minimum atomic E-state index is 0.231. The quantitative estimate of drug-likeness (QED) is 0.362. The Kier molecular flexibility index (Phi) is 8.30. The van der Waals surface area contributed by atoms with Crippen LogP contribution in [0.2, 0.25) is 0 Å². The second-order valence-electron chi connectivity index (χ2n) is 3.86. The summed E-state index contributed by atoms with van der Waals surface area (Å²) in [5.74, 6) is 0.418. The van der Waals surface area contributed by atoms with Crippen LogP contribution in [0.3, 0.4) is 0 Å². The molecule has 0 aliphatic heterocycles. The van der Waals surface area contributed by atoms with Crippen molar-refractivity contribution in [3.05, 3.63) is 12.2 Å². The van der Waals surface area contributed by atoms with Gasteiger partial charge in [0.2, 0.25) is 6.41 Å². The smallest absolute Gasteiger partial charge is 0.207 e. The number of hydrogen-bond acceptors (Lipinski definition) is 1. The van der Waals surface area contributed by atoms with Gasteiger partial charge in [-0.05, 0) is 25.7 Å². The zero-order valence-corrected chi connectivity index (χ0v) is 9.62. The van der Waals surface area contributed by atoms with Crippen molar-refractivity contribution in [2.24, 2.45) is 5.92 Å². The highest BCUT2D eigenvalue weighted by Crippen LogP contribution is 2.06. The maximum Gasteiger partial charge on any atom is 0.207 e. The molecule has 0 aromatic heterocycles. The molecule has 82 valence electrons. The van der Waals surface area contributed by atoms with E-state index in [1.807, 2.05) is 6.92 Å². The molecule has 0 heterocycles. The van der Waals surface area contributed by atoms with E-state index in [1.54, 1.807) is 0 Å². The van der Waals surface area contributed by atoms with Gasteiger partial charge in [-0.1, -0.05) is 38.8 Å². The third kappa shape index (κ3) is 6.70. The zero-order valence-electron chi connectivity index (χ0n) is 9.62.